The summed E-state index contributed by atoms with van der Waals surface area (Å²) in [5.74, 6) is -0.144. The van der Waals surface area contributed by atoms with Crippen molar-refractivity contribution in [3.8, 4) is 0 Å². The lowest BCUT2D eigenvalue weighted by molar-refractivity contribution is -0.121. The number of urea groups is 1. The van der Waals surface area contributed by atoms with Crippen molar-refractivity contribution >= 4 is 11.9 Å². The van der Waals surface area contributed by atoms with Gasteiger partial charge in [-0.05, 0) is 25.8 Å². The summed E-state index contributed by atoms with van der Waals surface area (Å²) in [6, 6.07) is 0.117. The van der Waals surface area contributed by atoms with Crippen LogP contribution < -0.4 is 5.32 Å². The van der Waals surface area contributed by atoms with Crippen molar-refractivity contribution < 1.29 is 9.59 Å². The average Bonchev–Trinajstić information content (AvgIpc) is 2.31. The van der Waals surface area contributed by atoms with Gasteiger partial charge in [-0.3, -0.25) is 10.1 Å². The fourth-order valence-corrected chi connectivity index (χ4v) is 2.70. The maximum absolute atomic E-state index is 11.7. The maximum Gasteiger partial charge on any atom is 0.324 e. The van der Waals surface area contributed by atoms with E-state index in [9.17, 15) is 9.59 Å². The van der Waals surface area contributed by atoms with Crippen LogP contribution >= 0.6 is 0 Å². The van der Waals surface area contributed by atoms with Crippen LogP contribution in [0.5, 0.6) is 0 Å². The van der Waals surface area contributed by atoms with Gasteiger partial charge < -0.3 is 9.80 Å². The lowest BCUT2D eigenvalue weighted by atomic mass is 10.0. The molecule has 5 heteroatoms. The molecular weight excluding hydrogens is 218 g/mol. The summed E-state index contributed by atoms with van der Waals surface area (Å²) >= 11 is 0. The first-order valence-electron chi connectivity index (χ1n) is 6.53. The normalized spacial score (nSPS) is 23.9. The summed E-state index contributed by atoms with van der Waals surface area (Å²) in [6.45, 7) is 6.06. The van der Waals surface area contributed by atoms with Gasteiger partial charge >= 0.3 is 6.03 Å². The molecule has 0 aromatic carbocycles. The zero-order valence-corrected chi connectivity index (χ0v) is 10.4. The summed E-state index contributed by atoms with van der Waals surface area (Å²) in [4.78, 5) is 27.0. The standard InChI is InChI=1S/C12H21N3O2/c1-2-6-14-7-3-10(4-8-14)15-9-5-11(16)13-12(15)17/h10H,2-9H2,1H3,(H,13,16,17). The molecule has 2 rings (SSSR count). The van der Waals surface area contributed by atoms with Crippen molar-refractivity contribution in [2.24, 2.45) is 0 Å². The lowest BCUT2D eigenvalue weighted by Crippen LogP contribution is -2.55. The number of hydrogen-bond donors (Lipinski definition) is 1. The predicted molar refractivity (Wildman–Crippen MR) is 64.6 cm³/mol. The van der Waals surface area contributed by atoms with Crippen molar-refractivity contribution in [1.29, 1.82) is 0 Å². The van der Waals surface area contributed by atoms with Gasteiger partial charge in [-0.25, -0.2) is 4.79 Å². The molecule has 5 nitrogen and oxygen atoms in total. The van der Waals surface area contributed by atoms with Crippen molar-refractivity contribution in [3.63, 3.8) is 0 Å². The van der Waals surface area contributed by atoms with E-state index < -0.39 is 0 Å². The minimum atomic E-state index is -0.199. The Balaban J connectivity index is 1.84. The predicted octanol–water partition coefficient (Wildman–Crippen LogP) is 0.803. The zero-order chi connectivity index (χ0) is 12.3. The molecule has 0 spiro atoms. The summed E-state index contributed by atoms with van der Waals surface area (Å²) in [6.07, 6.45) is 3.69. The lowest BCUT2D eigenvalue weighted by Gasteiger charge is -2.39. The Morgan fingerprint density at radius 2 is 1.94 bits per heavy atom. The summed E-state index contributed by atoms with van der Waals surface area (Å²) in [5.41, 5.74) is 0. The Kier molecular flexibility index (Phi) is 3.99. The molecular formula is C12H21N3O2. The number of nitrogens with one attached hydrogen (secondary N) is 1. The van der Waals surface area contributed by atoms with E-state index in [-0.39, 0.29) is 11.9 Å². The van der Waals surface area contributed by atoms with E-state index in [1.807, 2.05) is 4.90 Å². The summed E-state index contributed by atoms with van der Waals surface area (Å²) in [7, 11) is 0. The molecule has 96 valence electrons. The molecule has 17 heavy (non-hydrogen) atoms. The number of hydrogen-bond acceptors (Lipinski definition) is 3. The number of imide groups is 1. The molecule has 2 fully saturated rings. The van der Waals surface area contributed by atoms with Crippen molar-refractivity contribution in [1.82, 2.24) is 15.1 Å². The van der Waals surface area contributed by atoms with E-state index in [1.54, 1.807) is 0 Å². The quantitative estimate of drug-likeness (QED) is 0.792. The van der Waals surface area contributed by atoms with Crippen LogP contribution in [0.15, 0.2) is 0 Å². The third kappa shape index (κ3) is 2.97. The Morgan fingerprint density at radius 1 is 1.24 bits per heavy atom. The molecule has 1 N–H and O–H groups in total. The van der Waals surface area contributed by atoms with Gasteiger partial charge in [-0.2, -0.15) is 0 Å². The molecule has 2 heterocycles. The first-order valence-corrected chi connectivity index (χ1v) is 6.53. The Hall–Kier alpha value is -1.10. The molecule has 0 aromatic heterocycles. The number of carbonyl (C=O) groups excluding carboxylic acids is 2. The number of likely N-dealkylation sites (tertiary alicyclic amines) is 1. The highest BCUT2D eigenvalue weighted by molar-refractivity contribution is 5.96. The molecule has 0 atom stereocenters. The van der Waals surface area contributed by atoms with Crippen molar-refractivity contribution in [3.05, 3.63) is 0 Å². The largest absolute Gasteiger partial charge is 0.324 e. The van der Waals surface area contributed by atoms with E-state index in [2.05, 4.69) is 17.1 Å². The van der Waals surface area contributed by atoms with E-state index in [0.29, 0.717) is 19.0 Å². The Labute approximate surface area is 102 Å². The molecule has 2 aliphatic heterocycles. The Bertz CT molecular complexity index is 298. The fraction of sp³-hybridized carbons (Fsp3) is 0.833. The number of piperidine rings is 1. The van der Waals surface area contributed by atoms with Crippen molar-refractivity contribution in [2.75, 3.05) is 26.2 Å². The van der Waals surface area contributed by atoms with Gasteiger partial charge in [0.1, 0.15) is 0 Å². The van der Waals surface area contributed by atoms with Crippen LogP contribution in [0, 0.1) is 0 Å². The minimum Gasteiger partial charge on any atom is -0.321 e. The van der Waals surface area contributed by atoms with E-state index in [0.717, 1.165) is 32.5 Å². The van der Waals surface area contributed by atoms with Crippen LogP contribution in [-0.4, -0.2) is 54.0 Å². The van der Waals surface area contributed by atoms with E-state index >= 15 is 0 Å². The van der Waals surface area contributed by atoms with Crippen molar-refractivity contribution in [2.45, 2.75) is 38.6 Å². The third-order valence-electron chi connectivity index (χ3n) is 3.62. The van der Waals surface area contributed by atoms with E-state index in [4.69, 9.17) is 0 Å². The second-order valence-electron chi connectivity index (χ2n) is 4.87. The third-order valence-corrected chi connectivity index (χ3v) is 3.62. The number of nitrogens with zero attached hydrogens (tertiary/aromatic N) is 2. The Morgan fingerprint density at radius 3 is 2.53 bits per heavy atom. The molecule has 2 saturated heterocycles. The second kappa shape index (κ2) is 5.49. The van der Waals surface area contributed by atoms with Crippen LogP contribution in [-0.2, 0) is 4.79 Å². The average molecular weight is 239 g/mol. The highest BCUT2D eigenvalue weighted by atomic mass is 16.2. The SMILES string of the molecule is CCCN1CCC(N2CCC(=O)NC2=O)CC1. The molecule has 3 amide bonds. The number of amides is 3. The maximum atomic E-state index is 11.7. The number of carbonyl (C=O) groups is 2. The monoisotopic (exact) mass is 239 g/mol. The van der Waals surface area contributed by atoms with Gasteiger partial charge in [0.2, 0.25) is 5.91 Å². The van der Waals surface area contributed by atoms with Crippen LogP contribution in [0.25, 0.3) is 0 Å². The van der Waals surface area contributed by atoms with Crippen LogP contribution in [0.1, 0.15) is 32.6 Å². The van der Waals surface area contributed by atoms with Gasteiger partial charge in [0.05, 0.1) is 0 Å². The molecule has 0 aliphatic carbocycles. The highest BCUT2D eigenvalue weighted by Crippen LogP contribution is 2.18. The van der Waals surface area contributed by atoms with Crippen LogP contribution in [0.4, 0.5) is 4.79 Å². The molecule has 0 aromatic rings. The van der Waals surface area contributed by atoms with Gasteiger partial charge in [-0.1, -0.05) is 6.92 Å². The smallest absolute Gasteiger partial charge is 0.321 e. The van der Waals surface area contributed by atoms with Gasteiger partial charge in [-0.15, -0.1) is 0 Å². The zero-order valence-electron chi connectivity index (χ0n) is 10.4. The van der Waals surface area contributed by atoms with Gasteiger partial charge in [0.25, 0.3) is 0 Å². The van der Waals surface area contributed by atoms with Crippen LogP contribution in [0.2, 0.25) is 0 Å². The van der Waals surface area contributed by atoms with Crippen LogP contribution in [0.3, 0.4) is 0 Å². The number of rotatable bonds is 3. The summed E-state index contributed by atoms with van der Waals surface area (Å²) in [5, 5.41) is 2.40. The minimum absolute atomic E-state index is 0.144. The highest BCUT2D eigenvalue weighted by Gasteiger charge is 2.31. The fourth-order valence-electron chi connectivity index (χ4n) is 2.70. The van der Waals surface area contributed by atoms with Gasteiger partial charge in [0.15, 0.2) is 0 Å². The molecule has 0 unspecified atom stereocenters. The summed E-state index contributed by atoms with van der Waals surface area (Å²) < 4.78 is 0. The van der Waals surface area contributed by atoms with Gasteiger partial charge in [0, 0.05) is 32.1 Å². The topological polar surface area (TPSA) is 52.6 Å². The van der Waals surface area contributed by atoms with E-state index in [1.165, 1.54) is 6.42 Å². The molecule has 0 radical (unpaired) electrons. The molecule has 0 bridgehead atoms. The first kappa shape index (κ1) is 12.4. The molecule has 0 saturated carbocycles. The second-order valence-corrected chi connectivity index (χ2v) is 4.87. The molecule has 2 aliphatic rings. The first-order chi connectivity index (χ1) is 8.20.